The summed E-state index contributed by atoms with van der Waals surface area (Å²) in [6, 6.07) is 26.8. The zero-order valence-electron chi connectivity index (χ0n) is 59.9. The van der Waals surface area contributed by atoms with E-state index in [-0.39, 0.29) is 140 Å². The van der Waals surface area contributed by atoms with Gasteiger partial charge in [0.15, 0.2) is 40.8 Å². The molecule has 3 N–H and O–H groups in total. The number of rotatable bonds is 29. The highest BCUT2D eigenvalue weighted by Crippen LogP contribution is 2.57. The average molecular weight is 1420 g/mol. The first-order valence-electron chi connectivity index (χ1n) is 35.8. The molecule has 1 aliphatic carbocycles. The third-order valence-electron chi connectivity index (χ3n) is 20.6. The lowest BCUT2D eigenvalue weighted by Crippen LogP contribution is -2.50. The quantitative estimate of drug-likeness (QED) is 0.0290. The number of nitrogens with one attached hydrogen (secondary N) is 2. The smallest absolute Gasteiger partial charge is 0.416 e. The zero-order valence-corrected chi connectivity index (χ0v) is 59.9. The van der Waals surface area contributed by atoms with Gasteiger partial charge in [-0.05, 0) is 112 Å². The molecule has 25 nitrogen and oxygen atoms in total. The molecule has 5 aromatic carbocycles. The van der Waals surface area contributed by atoms with Gasteiger partial charge in [-0.3, -0.25) is 43.3 Å². The number of fused-ring (bicyclic) bond motifs is 9. The van der Waals surface area contributed by atoms with Crippen LogP contribution in [0.4, 0.5) is 21.9 Å². The molecule has 6 heterocycles. The number of amides is 6. The Kier molecular flexibility index (Phi) is 22.2. The fraction of sp³-hybridized carbons (Fsp3) is 0.443. The first-order valence-corrected chi connectivity index (χ1v) is 35.8. The summed E-state index contributed by atoms with van der Waals surface area (Å²) in [5.41, 5.74) is 7.96. The number of carbonyl (C=O) groups is 9. The molecule has 1 unspecified atom stereocenters. The highest BCUT2D eigenvalue weighted by atomic mass is 16.6. The molecule has 0 bridgehead atoms. The molecule has 25 heteroatoms. The van der Waals surface area contributed by atoms with Crippen LogP contribution in [0.2, 0.25) is 0 Å². The molecule has 6 amide bonds. The van der Waals surface area contributed by atoms with Crippen molar-refractivity contribution >= 4 is 76.3 Å². The minimum atomic E-state index is -1.46. The maximum Gasteiger partial charge on any atom is 0.416 e. The number of anilines is 2. The van der Waals surface area contributed by atoms with Crippen LogP contribution in [-0.4, -0.2) is 161 Å². The van der Waals surface area contributed by atoms with E-state index in [0.717, 1.165) is 51.4 Å². The summed E-state index contributed by atoms with van der Waals surface area (Å²) in [4.78, 5) is 134. The van der Waals surface area contributed by atoms with Crippen molar-refractivity contribution in [2.75, 3.05) is 56.9 Å². The minimum absolute atomic E-state index is 0.0135. The van der Waals surface area contributed by atoms with E-state index in [1.165, 1.54) is 20.3 Å². The largest absolute Gasteiger partial charge is 0.493 e. The first-order chi connectivity index (χ1) is 50.0. The second-order valence-corrected chi connectivity index (χ2v) is 28.7. The van der Waals surface area contributed by atoms with Crippen molar-refractivity contribution in [3.8, 4) is 45.5 Å². The summed E-state index contributed by atoms with van der Waals surface area (Å²) in [5, 5.41) is 26.6. The molecule has 5 aliphatic heterocycles. The molecule has 6 aromatic rings. The zero-order chi connectivity index (χ0) is 73.7. The van der Waals surface area contributed by atoms with Gasteiger partial charge in [0.05, 0.1) is 92.5 Å². The third-order valence-corrected chi connectivity index (χ3v) is 20.6. The van der Waals surface area contributed by atoms with E-state index in [1.54, 1.807) is 84.2 Å². The summed E-state index contributed by atoms with van der Waals surface area (Å²) >= 11 is 0. The van der Waals surface area contributed by atoms with E-state index in [9.17, 15) is 48.3 Å². The number of methoxy groups -OCH3 is 2. The molecule has 1 saturated carbocycles. The number of ether oxygens (including phenoxy) is 5. The predicted molar refractivity (Wildman–Crippen MR) is 387 cm³/mol. The van der Waals surface area contributed by atoms with E-state index in [1.807, 2.05) is 67.1 Å². The lowest BCUT2D eigenvalue weighted by Gasteiger charge is -2.31. The third kappa shape index (κ3) is 16.0. The van der Waals surface area contributed by atoms with Crippen molar-refractivity contribution in [1.82, 2.24) is 35.4 Å². The summed E-state index contributed by atoms with van der Waals surface area (Å²) in [6.07, 6.45) is 3.57. The van der Waals surface area contributed by atoms with Crippen molar-refractivity contribution in [1.29, 1.82) is 0 Å². The van der Waals surface area contributed by atoms with Crippen molar-refractivity contribution in [2.45, 2.75) is 162 Å². The van der Waals surface area contributed by atoms with Crippen LogP contribution >= 0.6 is 0 Å². The molecule has 546 valence electrons. The average Bonchev–Trinajstić information content (AvgIpc) is 1.55. The fourth-order valence-corrected chi connectivity index (χ4v) is 14.4. The van der Waals surface area contributed by atoms with Gasteiger partial charge in [0.1, 0.15) is 18.1 Å². The number of aliphatic hydroxyl groups is 1. The number of Topliss-reactive ketones (excluding diaryl/α,β-unsaturated/α-hetero) is 3. The lowest BCUT2D eigenvalue weighted by molar-refractivity contribution is -0.133. The summed E-state index contributed by atoms with van der Waals surface area (Å²) in [6.45, 7) is 14.4. The Hall–Kier alpha value is -10.6. The molecular weight excluding hydrogens is 1330 g/mol. The Bertz CT molecular complexity index is 4370. The van der Waals surface area contributed by atoms with E-state index in [2.05, 4.69) is 32.5 Å². The van der Waals surface area contributed by atoms with Gasteiger partial charge < -0.3 is 54.1 Å². The van der Waals surface area contributed by atoms with Gasteiger partial charge in [0, 0.05) is 93.0 Å². The van der Waals surface area contributed by atoms with Gasteiger partial charge in [0.25, 0.3) is 11.8 Å². The molecule has 1 aromatic heterocycles. The Morgan fingerprint density at radius 3 is 2.08 bits per heavy atom. The van der Waals surface area contributed by atoms with Crippen LogP contribution in [0.5, 0.6) is 23.0 Å². The number of carbonyl (C=O) groups excluding carboxylic acids is 9. The Balaban J connectivity index is 0.591. The standard InChI is InChI=1S/C79H90N10O15/c1-46(2)58(34-55(91)41-81-70(93)26-24-54(90)25-27-71(94)86-43-52-16-10-11-17-56(52)72-73(89(47(3)4)84-83-72)57-18-12-13-19-62(57)86)74(95)82-49(6)65(92)33-50-20-22-51(23-21-50)44-104-78(99)88-63-38-69(67(101-8)36-60(63)76(97)87-45-79(28-29-79)39-64(87)77(88)98)103-31-15-9-14-30-102-68-37-61-59(35-66(68)100-7)75(96)85-42-48(5)32-53(85)40-80-61/h10-13,16-23,35-38,40,46-47,49,53,58,64,77,98H,5,9,14-15,24-34,39,41-45H2,1-4,6-8H3,(H,81,93)(H,82,95)/t49-,53-,58-,64-,77?/m0/s1. The van der Waals surface area contributed by atoms with Gasteiger partial charge >= 0.3 is 6.09 Å². The van der Waals surface area contributed by atoms with E-state index >= 15 is 0 Å². The van der Waals surface area contributed by atoms with Gasteiger partial charge in [-0.1, -0.05) is 97.9 Å². The number of aliphatic hydroxyl groups excluding tert-OH is 1. The fourth-order valence-electron chi connectivity index (χ4n) is 14.4. The summed E-state index contributed by atoms with van der Waals surface area (Å²) < 4.78 is 31.6. The number of ketones is 3. The Labute approximate surface area is 604 Å². The second kappa shape index (κ2) is 31.6. The minimum Gasteiger partial charge on any atom is -0.493 e. The van der Waals surface area contributed by atoms with Crippen LogP contribution in [0.25, 0.3) is 22.5 Å². The number of hydrogen-bond acceptors (Lipinski definition) is 18. The van der Waals surface area contributed by atoms with Crippen molar-refractivity contribution < 1.29 is 71.9 Å². The molecular formula is C79H90N10O15. The first kappa shape index (κ1) is 73.2. The monoisotopic (exact) mass is 1420 g/mol. The number of hydrogen-bond donors (Lipinski definition) is 3. The van der Waals surface area contributed by atoms with Crippen molar-refractivity contribution in [3.63, 3.8) is 0 Å². The van der Waals surface area contributed by atoms with Gasteiger partial charge in [0.2, 0.25) is 17.7 Å². The molecule has 1 spiro atoms. The number of aromatic nitrogens is 3. The van der Waals surface area contributed by atoms with Crippen LogP contribution in [-0.2, 0) is 53.1 Å². The van der Waals surface area contributed by atoms with Crippen LogP contribution in [0, 0.1) is 17.3 Å². The normalized spacial score (nSPS) is 17.9. The lowest BCUT2D eigenvalue weighted by atomic mass is 9.89. The van der Waals surface area contributed by atoms with Crippen LogP contribution in [0.3, 0.4) is 0 Å². The van der Waals surface area contributed by atoms with E-state index in [4.69, 9.17) is 23.7 Å². The van der Waals surface area contributed by atoms with E-state index in [0.29, 0.717) is 91.4 Å². The molecule has 2 saturated heterocycles. The highest BCUT2D eigenvalue weighted by Gasteiger charge is 2.58. The molecule has 0 radical (unpaired) electrons. The topological polar surface area (TPSA) is 300 Å². The number of para-hydroxylation sites is 1. The molecule has 12 rings (SSSR count). The SMILES string of the molecule is C=C1C[C@H]2C=Nc3cc(OCCCCCOc4cc5c(cc4OC)C(=O)N4CC6(CC6)C[C@H]4C(O)N5C(=O)OCc4ccc(CC(=O)[C@H](C)NC(=O)[C@@H](CC(=O)CNC(=O)CCC(=O)CCC(=O)N5Cc6ccccc6-c6nnn(C(C)C)c6-c6ccccc65)C(C)C)cc4)c(OC)cc3C(=O)N2C1. The number of benzene rings is 5. The molecule has 104 heavy (non-hydrogen) atoms. The van der Waals surface area contributed by atoms with Crippen LogP contribution < -0.4 is 39.4 Å². The number of aliphatic imine (C=N–C) groups is 1. The number of unbranched alkanes of at least 4 members (excludes halogenated alkanes) is 2. The van der Waals surface area contributed by atoms with Crippen molar-refractivity contribution in [3.05, 3.63) is 137 Å². The van der Waals surface area contributed by atoms with Gasteiger partial charge in [-0.2, -0.15) is 0 Å². The molecule has 5 atom stereocenters. The molecule has 3 fully saturated rings. The second-order valence-electron chi connectivity index (χ2n) is 28.7. The van der Waals surface area contributed by atoms with Crippen LogP contribution in [0.15, 0.2) is 114 Å². The maximum absolute atomic E-state index is 14.5. The molecule has 6 aliphatic rings. The van der Waals surface area contributed by atoms with Gasteiger partial charge in [-0.25, -0.2) is 14.4 Å². The maximum atomic E-state index is 14.5. The van der Waals surface area contributed by atoms with E-state index < -0.39 is 47.9 Å². The Morgan fingerprint density at radius 2 is 1.38 bits per heavy atom. The highest BCUT2D eigenvalue weighted by molar-refractivity contribution is 6.07. The summed E-state index contributed by atoms with van der Waals surface area (Å²) in [5.74, 6) is -2.48. The van der Waals surface area contributed by atoms with Crippen LogP contribution in [0.1, 0.15) is 155 Å². The van der Waals surface area contributed by atoms with Crippen molar-refractivity contribution in [2.24, 2.45) is 22.2 Å². The van der Waals surface area contributed by atoms with Gasteiger partial charge in [-0.15, -0.1) is 5.10 Å². The number of nitrogens with zero attached hydrogens (tertiary/aromatic N) is 8. The predicted octanol–water partition coefficient (Wildman–Crippen LogP) is 10.4. The Morgan fingerprint density at radius 1 is 0.712 bits per heavy atom. The summed E-state index contributed by atoms with van der Waals surface area (Å²) in [7, 11) is 2.99.